The van der Waals surface area contributed by atoms with Crippen LogP contribution in [-0.4, -0.2) is 11.5 Å². The third kappa shape index (κ3) is 3.51. The molecule has 0 amide bonds. The molecule has 0 radical (unpaired) electrons. The number of hydrogen-bond donors (Lipinski definition) is 1. The quantitative estimate of drug-likeness (QED) is 0.859. The van der Waals surface area contributed by atoms with Crippen molar-refractivity contribution >= 4 is 23.2 Å². The van der Waals surface area contributed by atoms with E-state index in [1.54, 1.807) is 0 Å². The van der Waals surface area contributed by atoms with Crippen LogP contribution in [0.3, 0.4) is 0 Å². The van der Waals surface area contributed by atoms with Gasteiger partial charge in [-0.05, 0) is 43.1 Å². The van der Waals surface area contributed by atoms with Crippen LogP contribution in [0.5, 0.6) is 0 Å². The second kappa shape index (κ2) is 7.07. The Balaban J connectivity index is 2.47. The van der Waals surface area contributed by atoms with Gasteiger partial charge in [0.2, 0.25) is 0 Å². The highest BCUT2D eigenvalue weighted by Crippen LogP contribution is 2.34. The molecule has 0 bridgehead atoms. The van der Waals surface area contributed by atoms with Gasteiger partial charge in [-0.15, -0.1) is 0 Å². The molecule has 1 N–H and O–H groups in total. The number of hydrogen-bond acceptors (Lipinski definition) is 2. The molecule has 0 aliphatic rings. The molecular formula is C16H18Cl2N2. The summed E-state index contributed by atoms with van der Waals surface area (Å²) in [4.78, 5) is 4.27. The fourth-order valence-corrected chi connectivity index (χ4v) is 2.81. The van der Waals surface area contributed by atoms with Gasteiger partial charge in [-0.3, -0.25) is 4.98 Å². The Bertz CT molecular complexity index is 564. The van der Waals surface area contributed by atoms with E-state index >= 15 is 0 Å². The first kappa shape index (κ1) is 15.3. The Morgan fingerprint density at radius 3 is 2.50 bits per heavy atom. The van der Waals surface area contributed by atoms with Crippen molar-refractivity contribution in [3.05, 3.63) is 63.4 Å². The standard InChI is InChI=1S/C16H18Cl2N2/c1-3-7-20-16(12-8-11(2)9-19-10-12)15-13(17)5-4-6-14(15)18/h4-6,8-10,16,20H,3,7H2,1-2H3. The fraction of sp³-hybridized carbons (Fsp3) is 0.312. The molecule has 2 rings (SSSR count). The van der Waals surface area contributed by atoms with Crippen LogP contribution in [0.2, 0.25) is 10.0 Å². The van der Waals surface area contributed by atoms with E-state index in [2.05, 4.69) is 23.3 Å². The minimum absolute atomic E-state index is 0.0384. The molecule has 0 saturated carbocycles. The molecule has 20 heavy (non-hydrogen) atoms. The molecule has 2 aromatic rings. The lowest BCUT2D eigenvalue weighted by atomic mass is 9.99. The number of aromatic nitrogens is 1. The van der Waals surface area contributed by atoms with Gasteiger partial charge in [0.1, 0.15) is 0 Å². The van der Waals surface area contributed by atoms with Gasteiger partial charge in [0.05, 0.1) is 6.04 Å². The van der Waals surface area contributed by atoms with Gasteiger partial charge >= 0.3 is 0 Å². The predicted molar refractivity (Wildman–Crippen MR) is 85.6 cm³/mol. The normalized spacial score (nSPS) is 12.4. The van der Waals surface area contributed by atoms with Crippen LogP contribution < -0.4 is 5.32 Å². The van der Waals surface area contributed by atoms with Crippen molar-refractivity contribution in [3.8, 4) is 0 Å². The van der Waals surface area contributed by atoms with Crippen LogP contribution in [0.25, 0.3) is 0 Å². The van der Waals surface area contributed by atoms with Gasteiger partial charge in [-0.1, -0.05) is 42.3 Å². The zero-order valence-electron chi connectivity index (χ0n) is 11.7. The average Bonchev–Trinajstić information content (AvgIpc) is 2.42. The van der Waals surface area contributed by atoms with E-state index in [-0.39, 0.29) is 6.04 Å². The zero-order valence-corrected chi connectivity index (χ0v) is 13.2. The molecule has 0 aliphatic heterocycles. The van der Waals surface area contributed by atoms with Crippen molar-refractivity contribution in [2.24, 2.45) is 0 Å². The summed E-state index contributed by atoms with van der Waals surface area (Å²) in [6.07, 6.45) is 4.74. The van der Waals surface area contributed by atoms with Crippen LogP contribution in [0, 0.1) is 6.92 Å². The van der Waals surface area contributed by atoms with E-state index in [1.165, 1.54) is 0 Å². The Labute approximate surface area is 130 Å². The van der Waals surface area contributed by atoms with Crippen molar-refractivity contribution < 1.29 is 0 Å². The van der Waals surface area contributed by atoms with Crippen molar-refractivity contribution in [2.45, 2.75) is 26.3 Å². The van der Waals surface area contributed by atoms with Crippen molar-refractivity contribution in [1.82, 2.24) is 10.3 Å². The summed E-state index contributed by atoms with van der Waals surface area (Å²) < 4.78 is 0. The monoisotopic (exact) mass is 308 g/mol. The van der Waals surface area contributed by atoms with E-state index in [0.29, 0.717) is 10.0 Å². The second-order valence-corrected chi connectivity index (χ2v) is 5.63. The van der Waals surface area contributed by atoms with Crippen LogP contribution in [-0.2, 0) is 0 Å². The van der Waals surface area contributed by atoms with E-state index < -0.39 is 0 Å². The summed E-state index contributed by atoms with van der Waals surface area (Å²) in [5.74, 6) is 0. The number of nitrogens with one attached hydrogen (secondary N) is 1. The highest BCUT2D eigenvalue weighted by Gasteiger charge is 2.19. The Hall–Kier alpha value is -1.09. The lowest BCUT2D eigenvalue weighted by molar-refractivity contribution is 0.597. The summed E-state index contributed by atoms with van der Waals surface area (Å²) in [5.41, 5.74) is 3.11. The molecular weight excluding hydrogens is 291 g/mol. The maximum atomic E-state index is 6.35. The minimum Gasteiger partial charge on any atom is -0.306 e. The minimum atomic E-state index is -0.0384. The smallest absolute Gasteiger partial charge is 0.0621 e. The molecule has 4 heteroatoms. The summed E-state index contributed by atoms with van der Waals surface area (Å²) in [6, 6.07) is 7.67. The molecule has 106 valence electrons. The number of benzene rings is 1. The van der Waals surface area contributed by atoms with E-state index in [1.807, 2.05) is 37.5 Å². The lowest BCUT2D eigenvalue weighted by Gasteiger charge is -2.22. The van der Waals surface area contributed by atoms with E-state index in [4.69, 9.17) is 23.2 Å². The molecule has 1 aromatic heterocycles. The van der Waals surface area contributed by atoms with Gasteiger partial charge < -0.3 is 5.32 Å². The summed E-state index contributed by atoms with van der Waals surface area (Å²) >= 11 is 12.7. The number of pyridine rings is 1. The summed E-state index contributed by atoms with van der Waals surface area (Å²) in [6.45, 7) is 5.05. The molecule has 0 spiro atoms. The van der Waals surface area contributed by atoms with Crippen LogP contribution >= 0.6 is 23.2 Å². The number of aryl methyl sites for hydroxylation is 1. The number of rotatable bonds is 5. The molecule has 2 nitrogen and oxygen atoms in total. The molecule has 0 saturated heterocycles. The van der Waals surface area contributed by atoms with Gasteiger partial charge in [0.25, 0.3) is 0 Å². The van der Waals surface area contributed by atoms with Gasteiger partial charge in [0, 0.05) is 28.0 Å². The highest BCUT2D eigenvalue weighted by molar-refractivity contribution is 6.36. The molecule has 1 heterocycles. The van der Waals surface area contributed by atoms with Gasteiger partial charge in [-0.2, -0.15) is 0 Å². The van der Waals surface area contributed by atoms with Gasteiger partial charge in [0.15, 0.2) is 0 Å². The molecule has 0 fully saturated rings. The van der Waals surface area contributed by atoms with E-state index in [0.717, 1.165) is 29.7 Å². The maximum Gasteiger partial charge on any atom is 0.0621 e. The molecule has 0 aliphatic carbocycles. The first-order chi connectivity index (χ1) is 9.63. The first-order valence-electron chi connectivity index (χ1n) is 6.72. The zero-order chi connectivity index (χ0) is 14.5. The lowest BCUT2D eigenvalue weighted by Crippen LogP contribution is -2.24. The summed E-state index contributed by atoms with van der Waals surface area (Å²) in [7, 11) is 0. The third-order valence-electron chi connectivity index (χ3n) is 3.12. The Kier molecular flexibility index (Phi) is 5.41. The van der Waals surface area contributed by atoms with Crippen LogP contribution in [0.4, 0.5) is 0 Å². The van der Waals surface area contributed by atoms with Gasteiger partial charge in [-0.25, -0.2) is 0 Å². The predicted octanol–water partition coefficient (Wildman–Crippen LogP) is 4.79. The maximum absolute atomic E-state index is 6.35. The highest BCUT2D eigenvalue weighted by atomic mass is 35.5. The molecule has 1 unspecified atom stereocenters. The summed E-state index contributed by atoms with van der Waals surface area (Å²) in [5, 5.41) is 4.85. The van der Waals surface area contributed by atoms with Crippen molar-refractivity contribution in [2.75, 3.05) is 6.54 Å². The third-order valence-corrected chi connectivity index (χ3v) is 3.78. The number of nitrogens with zero attached hydrogens (tertiary/aromatic N) is 1. The van der Waals surface area contributed by atoms with Crippen LogP contribution in [0.15, 0.2) is 36.7 Å². The van der Waals surface area contributed by atoms with Crippen molar-refractivity contribution in [3.63, 3.8) is 0 Å². The van der Waals surface area contributed by atoms with Crippen LogP contribution in [0.1, 0.15) is 36.1 Å². The second-order valence-electron chi connectivity index (χ2n) is 4.82. The topological polar surface area (TPSA) is 24.9 Å². The largest absolute Gasteiger partial charge is 0.306 e. The number of halogens is 2. The fourth-order valence-electron chi connectivity index (χ4n) is 2.20. The van der Waals surface area contributed by atoms with Crippen molar-refractivity contribution in [1.29, 1.82) is 0 Å². The SMILES string of the molecule is CCCNC(c1cncc(C)c1)c1c(Cl)cccc1Cl. The molecule has 1 atom stereocenters. The molecule has 1 aromatic carbocycles. The van der Waals surface area contributed by atoms with E-state index in [9.17, 15) is 0 Å². The Morgan fingerprint density at radius 1 is 1.20 bits per heavy atom. The average molecular weight is 309 g/mol. The first-order valence-corrected chi connectivity index (χ1v) is 7.48. The Morgan fingerprint density at radius 2 is 1.90 bits per heavy atom.